The molecule has 248 valence electrons. The van der Waals surface area contributed by atoms with Crippen LogP contribution in [0.3, 0.4) is 0 Å². The summed E-state index contributed by atoms with van der Waals surface area (Å²) in [6.07, 6.45) is -10.7. The molecule has 3 aliphatic heterocycles. The fraction of sp³-hybridized carbons (Fsp3) is 0.464. The number of fused-ring (bicyclic) bond motifs is 5. The van der Waals surface area contributed by atoms with E-state index >= 15 is 0 Å². The second kappa shape index (κ2) is 11.4. The molecule has 3 fully saturated rings. The summed E-state index contributed by atoms with van der Waals surface area (Å²) in [4.78, 5) is 31.7. The van der Waals surface area contributed by atoms with Gasteiger partial charge in [0, 0.05) is 6.07 Å². The van der Waals surface area contributed by atoms with Gasteiger partial charge in [-0.2, -0.15) is 13.2 Å². The molecule has 2 aromatic carbocycles. The van der Waals surface area contributed by atoms with Crippen LogP contribution >= 0.6 is 11.3 Å². The molecule has 18 heteroatoms. The molecule has 1 unspecified atom stereocenters. The number of carbonyl (C=O) groups is 2. The fourth-order valence-electron chi connectivity index (χ4n) is 5.62. The Hall–Kier alpha value is -4.00. The Bertz CT molecular complexity index is 1670. The molecule has 12 nitrogen and oxygen atoms in total. The number of carbonyl (C=O) groups excluding carboxylic acids is 2. The molecule has 1 aliphatic carbocycles. The molecule has 46 heavy (non-hydrogen) atoms. The second-order valence-corrected chi connectivity index (χ2v) is 12.1. The van der Waals surface area contributed by atoms with Gasteiger partial charge in [0.25, 0.3) is 17.0 Å². The van der Waals surface area contributed by atoms with Crippen molar-refractivity contribution in [2.24, 2.45) is 0 Å². The highest BCUT2D eigenvalue weighted by molar-refractivity contribution is 7.20. The lowest BCUT2D eigenvalue weighted by Crippen LogP contribution is -2.66. The zero-order valence-corrected chi connectivity index (χ0v) is 24.7. The number of thiazole rings is 1. The Morgan fingerprint density at radius 1 is 1.11 bits per heavy atom. The molecular formula is C28H26F5N3O9S. The van der Waals surface area contributed by atoms with Crippen LogP contribution in [-0.2, 0) is 4.74 Å². The lowest BCUT2D eigenvalue weighted by molar-refractivity contribution is -0.317. The number of nitrogens with one attached hydrogen (secondary N) is 2. The number of hydrogen-bond donors (Lipinski definition) is 4. The standard InChI is InChI=1S/C28H26F5N3O9S/c1-41-17-3-2-15-21(46-24(35-15)42-11-13(38)10-37)20(17)23(40)34-16-9-19-18(44-28(32,33)45-19)8-14(16)22(39)36-25-4-6-26(7-5-25,43-12-25)27(29,30)31/h2-3,8-9,13,37-38H,4-7,10-12H2,1H3,(H,34,40)(H,36,39). The first kappa shape index (κ1) is 32.0. The molecule has 2 saturated heterocycles. The van der Waals surface area contributed by atoms with Crippen molar-refractivity contribution >= 4 is 39.1 Å². The topological polar surface area (TPSA) is 158 Å². The summed E-state index contributed by atoms with van der Waals surface area (Å²) >= 11 is 0.923. The molecule has 1 atom stereocenters. The fourth-order valence-corrected chi connectivity index (χ4v) is 6.58. The third-order valence-electron chi connectivity index (χ3n) is 8.13. The highest BCUT2D eigenvalue weighted by Crippen LogP contribution is 2.52. The number of nitrogens with zero attached hydrogens (tertiary/aromatic N) is 1. The Kier molecular flexibility index (Phi) is 7.89. The third-order valence-corrected chi connectivity index (χ3v) is 9.13. The van der Waals surface area contributed by atoms with E-state index in [1.165, 1.54) is 13.2 Å². The number of aliphatic hydroxyl groups excluding tert-OH is 2. The van der Waals surface area contributed by atoms with Gasteiger partial charge in [0.15, 0.2) is 17.1 Å². The molecule has 0 radical (unpaired) electrons. The molecule has 0 spiro atoms. The van der Waals surface area contributed by atoms with Crippen LogP contribution in [0, 0.1) is 0 Å². The molecule has 1 aromatic heterocycles. The molecule has 2 bridgehead atoms. The van der Waals surface area contributed by atoms with E-state index in [4.69, 9.17) is 19.3 Å². The quantitative estimate of drug-likeness (QED) is 0.245. The number of benzene rings is 2. The van der Waals surface area contributed by atoms with Crippen molar-refractivity contribution in [3.05, 3.63) is 35.4 Å². The van der Waals surface area contributed by atoms with Gasteiger partial charge in [-0.05, 0) is 43.9 Å². The highest BCUT2D eigenvalue weighted by Gasteiger charge is 2.63. The second-order valence-electron chi connectivity index (χ2n) is 11.1. The smallest absolute Gasteiger partial charge is 0.496 e. The van der Waals surface area contributed by atoms with Crippen molar-refractivity contribution in [3.63, 3.8) is 0 Å². The van der Waals surface area contributed by atoms with Crippen molar-refractivity contribution in [2.75, 3.05) is 32.2 Å². The van der Waals surface area contributed by atoms with E-state index in [0.717, 1.165) is 23.5 Å². The number of amides is 2. The predicted molar refractivity (Wildman–Crippen MR) is 149 cm³/mol. The summed E-state index contributed by atoms with van der Waals surface area (Å²) in [5, 5.41) is 23.9. The van der Waals surface area contributed by atoms with Gasteiger partial charge >= 0.3 is 12.5 Å². The number of ether oxygens (including phenoxy) is 5. The summed E-state index contributed by atoms with van der Waals surface area (Å²) in [6, 6.07) is 4.90. The number of rotatable bonds is 9. The number of halogens is 5. The van der Waals surface area contributed by atoms with Gasteiger partial charge in [-0.15, -0.1) is 8.78 Å². The zero-order valence-electron chi connectivity index (χ0n) is 23.8. The SMILES string of the molecule is COc1ccc2nc(OCC(O)CO)sc2c1C(=O)Nc1cc2c(cc1C(=O)NC13CCC(C(F)(F)F)(CC1)OC3)OC(F)(F)O2. The molecule has 1 saturated carbocycles. The van der Waals surface area contributed by atoms with Crippen LogP contribution in [-0.4, -0.2) is 83.7 Å². The lowest BCUT2D eigenvalue weighted by atomic mass is 9.70. The monoisotopic (exact) mass is 675 g/mol. The Morgan fingerprint density at radius 2 is 1.80 bits per heavy atom. The zero-order chi connectivity index (χ0) is 33.1. The van der Waals surface area contributed by atoms with Crippen LogP contribution in [0.15, 0.2) is 24.3 Å². The molecule has 7 rings (SSSR count). The number of methoxy groups -OCH3 is 1. The van der Waals surface area contributed by atoms with Crippen molar-refractivity contribution < 1.29 is 65.4 Å². The van der Waals surface area contributed by atoms with E-state index in [9.17, 15) is 36.6 Å². The van der Waals surface area contributed by atoms with Crippen LogP contribution in [0.1, 0.15) is 46.4 Å². The van der Waals surface area contributed by atoms with E-state index in [1.807, 2.05) is 0 Å². The van der Waals surface area contributed by atoms with Gasteiger partial charge in [0.05, 0.1) is 47.3 Å². The average molecular weight is 676 g/mol. The van der Waals surface area contributed by atoms with Crippen molar-refractivity contribution in [2.45, 2.75) is 55.4 Å². The molecule has 2 amide bonds. The van der Waals surface area contributed by atoms with Gasteiger partial charge in [0.2, 0.25) is 0 Å². The van der Waals surface area contributed by atoms with Crippen molar-refractivity contribution in [3.8, 4) is 22.4 Å². The van der Waals surface area contributed by atoms with E-state index in [2.05, 4.69) is 25.1 Å². The van der Waals surface area contributed by atoms with Gasteiger partial charge in [0.1, 0.15) is 24.0 Å². The van der Waals surface area contributed by atoms with E-state index in [1.54, 1.807) is 6.07 Å². The highest BCUT2D eigenvalue weighted by atomic mass is 32.1. The molecular weight excluding hydrogens is 649 g/mol. The van der Waals surface area contributed by atoms with E-state index < -0.39 is 66.2 Å². The summed E-state index contributed by atoms with van der Waals surface area (Å²) in [6.45, 7) is -1.25. The first-order valence-electron chi connectivity index (χ1n) is 13.8. The van der Waals surface area contributed by atoms with Gasteiger partial charge in [-0.25, -0.2) is 4.98 Å². The summed E-state index contributed by atoms with van der Waals surface area (Å²) in [7, 11) is 1.30. The minimum atomic E-state index is -4.58. The number of hydrogen-bond acceptors (Lipinski definition) is 11. The van der Waals surface area contributed by atoms with Gasteiger partial charge in [-0.3, -0.25) is 9.59 Å². The number of alkyl halides is 5. The van der Waals surface area contributed by atoms with E-state index in [0.29, 0.717) is 5.52 Å². The summed E-state index contributed by atoms with van der Waals surface area (Å²) in [5.41, 5.74) is -3.82. The Morgan fingerprint density at radius 3 is 2.41 bits per heavy atom. The largest absolute Gasteiger partial charge is 0.586 e. The Balaban J connectivity index is 1.31. The van der Waals surface area contributed by atoms with Crippen molar-refractivity contribution in [1.82, 2.24) is 10.3 Å². The van der Waals surface area contributed by atoms with Crippen LogP contribution in [0.4, 0.5) is 27.6 Å². The summed E-state index contributed by atoms with van der Waals surface area (Å²) < 4.78 is 94.1. The maximum atomic E-state index is 14.0. The van der Waals surface area contributed by atoms with Gasteiger partial charge in [-0.1, -0.05) is 11.3 Å². The van der Waals surface area contributed by atoms with Crippen LogP contribution in [0.5, 0.6) is 22.4 Å². The number of aliphatic hydroxyl groups is 2. The summed E-state index contributed by atoms with van der Waals surface area (Å²) in [5.74, 6) is -2.63. The predicted octanol–water partition coefficient (Wildman–Crippen LogP) is 3.98. The first-order valence-corrected chi connectivity index (χ1v) is 14.7. The average Bonchev–Trinajstić information content (AvgIpc) is 3.57. The van der Waals surface area contributed by atoms with Crippen molar-refractivity contribution in [1.29, 1.82) is 0 Å². The minimum Gasteiger partial charge on any atom is -0.496 e. The van der Waals surface area contributed by atoms with Gasteiger partial charge < -0.3 is 44.5 Å². The van der Waals surface area contributed by atoms with Crippen LogP contribution in [0.2, 0.25) is 0 Å². The lowest BCUT2D eigenvalue weighted by Gasteiger charge is -2.53. The molecule has 4 N–H and O–H groups in total. The maximum Gasteiger partial charge on any atom is 0.586 e. The third kappa shape index (κ3) is 5.73. The molecule has 4 heterocycles. The molecule has 4 aliphatic rings. The normalized spacial score (nSPS) is 23.7. The molecule has 3 aromatic rings. The minimum absolute atomic E-state index is 0.0487. The van der Waals surface area contributed by atoms with E-state index in [-0.39, 0.29) is 64.7 Å². The number of aromatic nitrogens is 1. The Labute approximate surface area is 260 Å². The number of anilines is 1. The van der Waals surface area contributed by atoms with Crippen LogP contribution in [0.25, 0.3) is 10.2 Å². The van der Waals surface area contributed by atoms with Crippen LogP contribution < -0.4 is 29.6 Å². The first-order chi connectivity index (χ1) is 21.7. The maximum absolute atomic E-state index is 14.0.